The highest BCUT2D eigenvalue weighted by atomic mass is 16.1. The van der Waals surface area contributed by atoms with Crippen LogP contribution in [0.2, 0.25) is 0 Å². The Morgan fingerprint density at radius 2 is 2.16 bits per heavy atom. The normalized spacial score (nSPS) is 17.0. The molecule has 1 aromatic carbocycles. The second-order valence-corrected chi connectivity index (χ2v) is 6.88. The van der Waals surface area contributed by atoms with Crippen LogP contribution in [-0.2, 0) is 12.8 Å². The molecule has 0 saturated carbocycles. The summed E-state index contributed by atoms with van der Waals surface area (Å²) in [5.74, 6) is 2.09. The van der Waals surface area contributed by atoms with Gasteiger partial charge >= 0.3 is 0 Å². The van der Waals surface area contributed by atoms with Gasteiger partial charge in [0, 0.05) is 30.4 Å². The topological polar surface area (TPSA) is 72.1 Å². The van der Waals surface area contributed by atoms with Crippen molar-refractivity contribution in [3.8, 4) is 0 Å². The number of benzene rings is 1. The van der Waals surface area contributed by atoms with Crippen LogP contribution < -0.4 is 10.6 Å². The van der Waals surface area contributed by atoms with Gasteiger partial charge in [-0.05, 0) is 49.8 Å². The lowest BCUT2D eigenvalue weighted by molar-refractivity contribution is 0.1000. The third-order valence-electron chi connectivity index (χ3n) is 4.73. The number of nitrogens with zero attached hydrogens (tertiary/aromatic N) is 3. The number of rotatable bonds is 6. The number of carbonyl (C=O) groups excluding carboxylic acids is 1. The van der Waals surface area contributed by atoms with Crippen molar-refractivity contribution >= 4 is 11.7 Å². The number of hydrogen-bond donors (Lipinski definition) is 1. The van der Waals surface area contributed by atoms with Crippen LogP contribution in [0.1, 0.15) is 47.2 Å². The Morgan fingerprint density at radius 3 is 2.92 bits per heavy atom. The molecule has 1 aliphatic rings. The molecule has 5 nitrogen and oxygen atoms in total. The van der Waals surface area contributed by atoms with E-state index in [-0.39, 0.29) is 5.91 Å². The number of carbonyl (C=O) groups is 1. The van der Waals surface area contributed by atoms with E-state index in [0.717, 1.165) is 56.1 Å². The molecular weight excluding hydrogens is 312 g/mol. The molecule has 5 heteroatoms. The Hall–Kier alpha value is -2.43. The molecule has 0 bridgehead atoms. The van der Waals surface area contributed by atoms with E-state index in [4.69, 9.17) is 5.73 Å². The molecule has 1 aliphatic heterocycles. The number of anilines is 1. The molecule has 0 spiro atoms. The molecule has 1 amide bonds. The Balaban J connectivity index is 1.68. The van der Waals surface area contributed by atoms with Crippen molar-refractivity contribution in [1.29, 1.82) is 0 Å². The van der Waals surface area contributed by atoms with Crippen LogP contribution in [0.25, 0.3) is 0 Å². The second kappa shape index (κ2) is 7.64. The zero-order chi connectivity index (χ0) is 17.8. The van der Waals surface area contributed by atoms with Gasteiger partial charge in [0.2, 0.25) is 5.91 Å². The van der Waals surface area contributed by atoms with Crippen molar-refractivity contribution in [3.05, 3.63) is 53.0 Å². The highest BCUT2D eigenvalue weighted by Crippen LogP contribution is 2.26. The lowest BCUT2D eigenvalue weighted by atomic mass is 9.97. The van der Waals surface area contributed by atoms with Crippen molar-refractivity contribution in [1.82, 2.24) is 9.97 Å². The second-order valence-electron chi connectivity index (χ2n) is 6.88. The molecule has 3 rings (SSSR count). The van der Waals surface area contributed by atoms with Crippen LogP contribution in [0.15, 0.2) is 30.3 Å². The number of aromatic nitrogens is 2. The van der Waals surface area contributed by atoms with Gasteiger partial charge in [-0.1, -0.05) is 25.5 Å². The highest BCUT2D eigenvalue weighted by Gasteiger charge is 2.24. The summed E-state index contributed by atoms with van der Waals surface area (Å²) in [6, 6.07) is 9.80. The van der Waals surface area contributed by atoms with Gasteiger partial charge in [-0.25, -0.2) is 9.97 Å². The molecular formula is C20H26N4O. The summed E-state index contributed by atoms with van der Waals surface area (Å²) in [6.07, 6.45) is 4.18. The fraction of sp³-hybridized carbons (Fsp3) is 0.450. The Kier molecular flexibility index (Phi) is 5.31. The molecule has 2 aromatic rings. The number of primary amides is 1. The fourth-order valence-corrected chi connectivity index (χ4v) is 3.55. The first-order valence-corrected chi connectivity index (χ1v) is 9.03. The number of aryl methyl sites for hydroxylation is 2. The molecule has 2 N–H and O–H groups in total. The average Bonchev–Trinajstić information content (AvgIpc) is 3.03. The standard InChI is InChI=1S/C20H26N4O/c1-3-5-18-12-19(23-14(2)22-18)24-9-8-16(13-24)10-15-6-4-7-17(11-15)20(21)25/h4,6-7,11-12,16H,3,5,8-10,13H2,1-2H3,(H2,21,25)/t16-/m1/s1. The van der Waals surface area contributed by atoms with Gasteiger partial charge in [0.05, 0.1) is 0 Å². The predicted octanol–water partition coefficient (Wildman–Crippen LogP) is 2.91. The first-order valence-electron chi connectivity index (χ1n) is 9.03. The van der Waals surface area contributed by atoms with E-state index in [1.807, 2.05) is 19.1 Å². The van der Waals surface area contributed by atoms with Crippen LogP contribution >= 0.6 is 0 Å². The van der Waals surface area contributed by atoms with Crippen molar-refractivity contribution in [3.63, 3.8) is 0 Å². The van der Waals surface area contributed by atoms with E-state index >= 15 is 0 Å². The van der Waals surface area contributed by atoms with Gasteiger partial charge in [0.25, 0.3) is 0 Å². The summed E-state index contributed by atoms with van der Waals surface area (Å²) in [5, 5.41) is 0. The minimum atomic E-state index is -0.366. The molecule has 25 heavy (non-hydrogen) atoms. The van der Waals surface area contributed by atoms with Gasteiger partial charge < -0.3 is 10.6 Å². The van der Waals surface area contributed by atoms with Crippen LogP contribution in [-0.4, -0.2) is 29.0 Å². The van der Waals surface area contributed by atoms with E-state index < -0.39 is 0 Å². The van der Waals surface area contributed by atoms with Crippen LogP contribution in [0, 0.1) is 12.8 Å². The first-order chi connectivity index (χ1) is 12.0. The number of hydrogen-bond acceptors (Lipinski definition) is 4. The maximum Gasteiger partial charge on any atom is 0.248 e. The summed E-state index contributed by atoms with van der Waals surface area (Å²) < 4.78 is 0. The Labute approximate surface area is 149 Å². The average molecular weight is 338 g/mol. The molecule has 132 valence electrons. The van der Waals surface area contributed by atoms with E-state index in [0.29, 0.717) is 11.5 Å². The summed E-state index contributed by atoms with van der Waals surface area (Å²) in [5.41, 5.74) is 8.27. The summed E-state index contributed by atoms with van der Waals surface area (Å²) >= 11 is 0. The van der Waals surface area contributed by atoms with E-state index in [1.165, 1.54) is 5.56 Å². The van der Waals surface area contributed by atoms with Crippen LogP contribution in [0.4, 0.5) is 5.82 Å². The van der Waals surface area contributed by atoms with Gasteiger partial charge in [-0.3, -0.25) is 4.79 Å². The van der Waals surface area contributed by atoms with Crippen molar-refractivity contribution < 1.29 is 4.79 Å². The number of amides is 1. The van der Waals surface area contributed by atoms with Gasteiger partial charge in [0.15, 0.2) is 0 Å². The molecule has 1 aromatic heterocycles. The monoisotopic (exact) mass is 338 g/mol. The van der Waals surface area contributed by atoms with Crippen molar-refractivity contribution in [2.24, 2.45) is 11.7 Å². The fourth-order valence-electron chi connectivity index (χ4n) is 3.55. The molecule has 2 heterocycles. The largest absolute Gasteiger partial charge is 0.366 e. The van der Waals surface area contributed by atoms with E-state index in [9.17, 15) is 4.79 Å². The molecule has 0 unspecified atom stereocenters. The number of nitrogens with two attached hydrogens (primary N) is 1. The van der Waals surface area contributed by atoms with Crippen molar-refractivity contribution in [2.45, 2.75) is 39.5 Å². The van der Waals surface area contributed by atoms with E-state index in [1.54, 1.807) is 6.07 Å². The molecule has 0 aliphatic carbocycles. The minimum absolute atomic E-state index is 0.366. The maximum absolute atomic E-state index is 11.3. The molecule has 1 saturated heterocycles. The molecule has 0 radical (unpaired) electrons. The highest BCUT2D eigenvalue weighted by molar-refractivity contribution is 5.92. The smallest absolute Gasteiger partial charge is 0.248 e. The predicted molar refractivity (Wildman–Crippen MR) is 99.7 cm³/mol. The Bertz CT molecular complexity index is 759. The van der Waals surface area contributed by atoms with E-state index in [2.05, 4.69) is 33.9 Å². The quantitative estimate of drug-likeness (QED) is 0.879. The lowest BCUT2D eigenvalue weighted by Crippen LogP contribution is -2.22. The molecule has 1 fully saturated rings. The zero-order valence-electron chi connectivity index (χ0n) is 15.0. The summed E-state index contributed by atoms with van der Waals surface area (Å²) in [6.45, 7) is 6.14. The summed E-state index contributed by atoms with van der Waals surface area (Å²) in [7, 11) is 0. The lowest BCUT2D eigenvalue weighted by Gasteiger charge is -2.19. The first kappa shape index (κ1) is 17.4. The third kappa shape index (κ3) is 4.35. The third-order valence-corrected chi connectivity index (χ3v) is 4.73. The SMILES string of the molecule is CCCc1cc(N2CC[C@H](Cc3cccc(C(N)=O)c3)C2)nc(C)n1. The van der Waals surface area contributed by atoms with Crippen LogP contribution in [0.3, 0.4) is 0 Å². The zero-order valence-corrected chi connectivity index (χ0v) is 15.0. The van der Waals surface area contributed by atoms with Gasteiger partial charge in [-0.15, -0.1) is 0 Å². The maximum atomic E-state index is 11.3. The Morgan fingerprint density at radius 1 is 1.32 bits per heavy atom. The minimum Gasteiger partial charge on any atom is -0.366 e. The van der Waals surface area contributed by atoms with Crippen LogP contribution in [0.5, 0.6) is 0 Å². The van der Waals surface area contributed by atoms with Gasteiger partial charge in [0.1, 0.15) is 11.6 Å². The van der Waals surface area contributed by atoms with Gasteiger partial charge in [-0.2, -0.15) is 0 Å². The summed E-state index contributed by atoms with van der Waals surface area (Å²) in [4.78, 5) is 22.9. The molecule has 1 atom stereocenters. The van der Waals surface area contributed by atoms with Crippen molar-refractivity contribution in [2.75, 3.05) is 18.0 Å².